The van der Waals surface area contributed by atoms with E-state index in [2.05, 4.69) is 131 Å². The quantitative estimate of drug-likeness (QED) is 0.139. The Balaban J connectivity index is 2.28. The number of hydrogen-bond donors (Lipinski definition) is 0. The number of allylic oxidation sites excluding steroid dienone is 1. The minimum Gasteiger partial charge on any atom is -0.486 e. The summed E-state index contributed by atoms with van der Waals surface area (Å²) in [6.07, 6.45) is 2.26. The predicted molar refractivity (Wildman–Crippen MR) is 150 cm³/mol. The maximum Gasteiger partial charge on any atom is 0.192 e. The zero-order chi connectivity index (χ0) is 24.8. The molecule has 3 aromatic rings. The Bertz CT molecular complexity index is 1000. The van der Waals surface area contributed by atoms with Crippen LogP contribution in [0.15, 0.2) is 103 Å². The number of methoxy groups -OCH3 is 1. The summed E-state index contributed by atoms with van der Waals surface area (Å²) in [7, 11) is -0.359. The minimum atomic E-state index is -2.00. The molecule has 178 valence electrons. The van der Waals surface area contributed by atoms with Crippen molar-refractivity contribution < 1.29 is 9.16 Å². The Hall–Kier alpha value is -2.53. The van der Waals surface area contributed by atoms with Crippen molar-refractivity contribution in [3.05, 3.63) is 119 Å². The van der Waals surface area contributed by atoms with Gasteiger partial charge in [0.15, 0.2) is 13.4 Å². The van der Waals surface area contributed by atoms with E-state index in [0.29, 0.717) is 11.7 Å². The Morgan fingerprint density at radius 2 is 1.15 bits per heavy atom. The monoisotopic (exact) mass is 488 g/mol. The van der Waals surface area contributed by atoms with Crippen molar-refractivity contribution >= 4 is 25.6 Å². The van der Waals surface area contributed by atoms with Crippen molar-refractivity contribution in [3.63, 3.8) is 0 Å². The maximum absolute atomic E-state index is 6.64. The molecule has 0 atom stereocenters. The lowest BCUT2D eigenvalue weighted by molar-refractivity contribution is 0.315. The summed E-state index contributed by atoms with van der Waals surface area (Å²) < 4.78 is 12.3. The van der Waals surface area contributed by atoms with E-state index in [1.165, 1.54) is 0 Å². The standard InChI is InChI=1S/C30H36O2SSi/c1-29(2,3)34(5,6)32-23-24(28(33)31-4)22-30(25-16-10-7-11-17-25,26-18-12-8-13-19-26)27-20-14-9-15-21-27/h7-22H,23H2,1-6H3. The predicted octanol–water partition coefficient (Wildman–Crippen LogP) is 7.94. The summed E-state index contributed by atoms with van der Waals surface area (Å²) in [5, 5.41) is 0.563. The van der Waals surface area contributed by atoms with Crippen LogP contribution in [0.4, 0.5) is 0 Å². The average molecular weight is 489 g/mol. The summed E-state index contributed by atoms with van der Waals surface area (Å²) in [4.78, 5) is 0. The molecule has 0 saturated heterocycles. The van der Waals surface area contributed by atoms with Gasteiger partial charge in [-0.15, -0.1) is 0 Å². The van der Waals surface area contributed by atoms with Crippen molar-refractivity contribution in [1.82, 2.24) is 0 Å². The van der Waals surface area contributed by atoms with Crippen molar-refractivity contribution in [3.8, 4) is 0 Å². The largest absolute Gasteiger partial charge is 0.486 e. The smallest absolute Gasteiger partial charge is 0.192 e. The van der Waals surface area contributed by atoms with Gasteiger partial charge in [0.2, 0.25) is 0 Å². The van der Waals surface area contributed by atoms with Gasteiger partial charge in [0.25, 0.3) is 0 Å². The van der Waals surface area contributed by atoms with E-state index in [0.717, 1.165) is 22.3 Å². The lowest BCUT2D eigenvalue weighted by Gasteiger charge is -2.37. The van der Waals surface area contributed by atoms with Gasteiger partial charge in [-0.3, -0.25) is 0 Å². The Morgan fingerprint density at radius 1 is 0.765 bits per heavy atom. The van der Waals surface area contributed by atoms with Crippen LogP contribution in [0.5, 0.6) is 0 Å². The highest BCUT2D eigenvalue weighted by Gasteiger charge is 2.39. The second-order valence-corrected chi connectivity index (χ2v) is 15.3. The van der Waals surface area contributed by atoms with Crippen LogP contribution in [0.3, 0.4) is 0 Å². The second-order valence-electron chi connectivity index (χ2n) is 10.1. The van der Waals surface area contributed by atoms with Crippen LogP contribution in [0.25, 0.3) is 0 Å². The molecular formula is C30H36O2SSi. The summed E-state index contributed by atoms with van der Waals surface area (Å²) in [5.74, 6) is 0. The number of ether oxygens (including phenoxy) is 1. The summed E-state index contributed by atoms with van der Waals surface area (Å²) in [6.45, 7) is 11.7. The molecule has 0 saturated carbocycles. The van der Waals surface area contributed by atoms with Gasteiger partial charge < -0.3 is 9.16 Å². The molecule has 2 nitrogen and oxygen atoms in total. The van der Waals surface area contributed by atoms with Gasteiger partial charge in [-0.05, 0) is 47.0 Å². The lowest BCUT2D eigenvalue weighted by Crippen LogP contribution is -2.41. The fraction of sp³-hybridized carbons (Fsp3) is 0.300. The van der Waals surface area contributed by atoms with E-state index >= 15 is 0 Å². The van der Waals surface area contributed by atoms with Gasteiger partial charge in [-0.2, -0.15) is 0 Å². The van der Waals surface area contributed by atoms with E-state index in [4.69, 9.17) is 21.4 Å². The zero-order valence-electron chi connectivity index (χ0n) is 21.2. The molecule has 3 rings (SSSR count). The first-order valence-corrected chi connectivity index (χ1v) is 15.0. The van der Waals surface area contributed by atoms with Crippen LogP contribution in [-0.4, -0.2) is 27.1 Å². The van der Waals surface area contributed by atoms with E-state index in [1.807, 2.05) is 0 Å². The van der Waals surface area contributed by atoms with Crippen molar-refractivity contribution in [1.29, 1.82) is 0 Å². The molecule has 0 aromatic heterocycles. The van der Waals surface area contributed by atoms with Gasteiger partial charge >= 0.3 is 0 Å². The molecule has 0 aliphatic rings. The number of thiocarbonyl (C=S) groups is 1. The van der Waals surface area contributed by atoms with Gasteiger partial charge in [-0.25, -0.2) is 0 Å². The molecule has 0 radical (unpaired) electrons. The Morgan fingerprint density at radius 3 is 1.47 bits per heavy atom. The molecule has 3 aromatic carbocycles. The molecule has 0 bridgehead atoms. The highest BCUT2D eigenvalue weighted by molar-refractivity contribution is 7.80. The number of hydrogen-bond acceptors (Lipinski definition) is 3. The third-order valence-electron chi connectivity index (χ3n) is 6.92. The first-order chi connectivity index (χ1) is 16.1. The highest BCUT2D eigenvalue weighted by atomic mass is 32.1. The maximum atomic E-state index is 6.64. The van der Waals surface area contributed by atoms with E-state index in [1.54, 1.807) is 7.11 Å². The van der Waals surface area contributed by atoms with E-state index in [9.17, 15) is 0 Å². The minimum absolute atomic E-state index is 0.0994. The number of benzene rings is 3. The van der Waals surface area contributed by atoms with Gasteiger partial charge in [-0.1, -0.05) is 118 Å². The van der Waals surface area contributed by atoms with E-state index in [-0.39, 0.29) is 5.04 Å². The van der Waals surface area contributed by atoms with Crippen molar-refractivity contribution in [2.75, 3.05) is 13.7 Å². The van der Waals surface area contributed by atoms with Crippen LogP contribution < -0.4 is 0 Å². The van der Waals surface area contributed by atoms with Crippen LogP contribution in [0.2, 0.25) is 18.1 Å². The molecule has 34 heavy (non-hydrogen) atoms. The molecule has 4 heteroatoms. The van der Waals surface area contributed by atoms with E-state index < -0.39 is 13.7 Å². The fourth-order valence-corrected chi connectivity index (χ4v) is 4.95. The van der Waals surface area contributed by atoms with Crippen molar-refractivity contribution in [2.45, 2.75) is 44.3 Å². The Kier molecular flexibility index (Phi) is 8.29. The third kappa shape index (κ3) is 5.57. The first-order valence-electron chi connectivity index (χ1n) is 11.7. The molecule has 0 amide bonds. The summed E-state index contributed by atoms with van der Waals surface area (Å²) >= 11 is 5.72. The Labute approximate surface area is 211 Å². The SMILES string of the molecule is COC(=S)C(=CC(c1ccccc1)(c1ccccc1)c1ccccc1)CO[Si](C)(C)C(C)(C)C. The average Bonchev–Trinajstić information content (AvgIpc) is 2.85. The topological polar surface area (TPSA) is 18.5 Å². The van der Waals surface area contributed by atoms with Crippen LogP contribution in [0, 0.1) is 0 Å². The second kappa shape index (κ2) is 10.8. The molecule has 0 N–H and O–H groups in total. The normalized spacial score (nSPS) is 12.9. The lowest BCUT2D eigenvalue weighted by atomic mass is 9.68. The number of rotatable bonds is 8. The molecule has 0 unspecified atom stereocenters. The van der Waals surface area contributed by atoms with Crippen LogP contribution in [-0.2, 0) is 14.6 Å². The van der Waals surface area contributed by atoms with Crippen LogP contribution in [0.1, 0.15) is 37.5 Å². The van der Waals surface area contributed by atoms with Gasteiger partial charge in [0.1, 0.15) is 0 Å². The first kappa shape index (κ1) is 26.1. The fourth-order valence-electron chi connectivity index (χ4n) is 3.88. The highest BCUT2D eigenvalue weighted by Crippen LogP contribution is 2.42. The summed E-state index contributed by atoms with van der Waals surface area (Å²) in [6, 6.07) is 31.8. The van der Waals surface area contributed by atoms with Gasteiger partial charge in [0, 0.05) is 5.57 Å². The molecule has 0 spiro atoms. The zero-order valence-corrected chi connectivity index (χ0v) is 23.0. The van der Waals surface area contributed by atoms with Gasteiger partial charge in [0.05, 0.1) is 19.1 Å². The third-order valence-corrected chi connectivity index (χ3v) is 11.8. The van der Waals surface area contributed by atoms with Crippen molar-refractivity contribution in [2.24, 2.45) is 0 Å². The molecular weight excluding hydrogens is 452 g/mol. The summed E-state index contributed by atoms with van der Waals surface area (Å²) in [5.41, 5.74) is 3.82. The molecule has 0 fully saturated rings. The molecule has 0 aliphatic heterocycles. The van der Waals surface area contributed by atoms with Crippen LogP contribution >= 0.6 is 12.2 Å². The molecule has 0 heterocycles. The molecule has 0 aliphatic carbocycles.